The summed E-state index contributed by atoms with van der Waals surface area (Å²) in [7, 11) is 0. The highest BCUT2D eigenvalue weighted by Crippen LogP contribution is 2.44. The van der Waals surface area contributed by atoms with Crippen LogP contribution in [0.2, 0.25) is 0 Å². The van der Waals surface area contributed by atoms with Gasteiger partial charge < -0.3 is 5.73 Å². The molecule has 1 saturated carbocycles. The predicted molar refractivity (Wildman–Crippen MR) is 72.2 cm³/mol. The van der Waals surface area contributed by atoms with Crippen molar-refractivity contribution in [2.45, 2.75) is 26.3 Å². The molecule has 0 spiro atoms. The summed E-state index contributed by atoms with van der Waals surface area (Å²) < 4.78 is 13.3. The van der Waals surface area contributed by atoms with E-state index in [0.29, 0.717) is 17.2 Å². The summed E-state index contributed by atoms with van der Waals surface area (Å²) in [6.45, 7) is 2.16. The molecule has 2 unspecified atom stereocenters. The molecule has 0 aromatic heterocycles. The summed E-state index contributed by atoms with van der Waals surface area (Å²) in [5.74, 6) is -0.762. The van der Waals surface area contributed by atoms with E-state index in [1.807, 2.05) is 0 Å². The van der Waals surface area contributed by atoms with Crippen molar-refractivity contribution < 1.29 is 14.0 Å². The number of nitrogens with zero attached hydrogens (tertiary/aromatic N) is 1. The van der Waals surface area contributed by atoms with Gasteiger partial charge in [-0.25, -0.2) is 9.29 Å². The highest BCUT2D eigenvalue weighted by molar-refractivity contribution is 6.22. The molecule has 0 bridgehead atoms. The Morgan fingerprint density at radius 3 is 2.40 bits per heavy atom. The summed E-state index contributed by atoms with van der Waals surface area (Å²) in [4.78, 5) is 26.1. The molecule has 0 radical (unpaired) electrons. The lowest BCUT2D eigenvalue weighted by atomic mass is 10.00. The first-order chi connectivity index (χ1) is 9.52. The van der Waals surface area contributed by atoms with Crippen molar-refractivity contribution in [3.63, 3.8) is 0 Å². The van der Waals surface area contributed by atoms with Crippen LogP contribution in [-0.2, 0) is 16.1 Å². The molecule has 2 N–H and O–H groups in total. The molecule has 2 atom stereocenters. The Balaban J connectivity index is 2.00. The molecule has 2 aliphatic rings. The van der Waals surface area contributed by atoms with E-state index in [2.05, 4.69) is 6.92 Å². The first kappa shape index (κ1) is 13.2. The van der Waals surface area contributed by atoms with E-state index in [0.717, 1.165) is 12.8 Å². The minimum atomic E-state index is -0.415. The van der Waals surface area contributed by atoms with E-state index in [1.165, 1.54) is 23.1 Å². The number of fused-ring (bicyclic) bond motifs is 1. The highest BCUT2D eigenvalue weighted by atomic mass is 19.1. The van der Waals surface area contributed by atoms with Crippen LogP contribution in [0.15, 0.2) is 18.2 Å². The van der Waals surface area contributed by atoms with Crippen molar-refractivity contribution in [3.05, 3.63) is 29.6 Å². The molecule has 1 aliphatic heterocycles. The zero-order chi connectivity index (χ0) is 14.4. The van der Waals surface area contributed by atoms with Gasteiger partial charge in [0.2, 0.25) is 11.8 Å². The summed E-state index contributed by atoms with van der Waals surface area (Å²) >= 11 is 0. The van der Waals surface area contributed by atoms with Gasteiger partial charge in [-0.3, -0.25) is 9.59 Å². The van der Waals surface area contributed by atoms with Gasteiger partial charge in [0.05, 0.1) is 17.5 Å². The Morgan fingerprint density at radius 1 is 1.25 bits per heavy atom. The van der Waals surface area contributed by atoms with Gasteiger partial charge in [0, 0.05) is 6.54 Å². The fourth-order valence-corrected chi connectivity index (χ4v) is 3.45. The van der Waals surface area contributed by atoms with Crippen molar-refractivity contribution in [3.8, 4) is 0 Å². The SMILES string of the molecule is CC1CC2C(=O)N(c3ccc(F)cc3CN)C(=O)C2C1. The third-order valence-electron chi connectivity index (χ3n) is 4.38. The second-order valence-corrected chi connectivity index (χ2v) is 5.78. The maximum absolute atomic E-state index is 13.3. The second-order valence-electron chi connectivity index (χ2n) is 5.78. The minimum Gasteiger partial charge on any atom is -0.326 e. The van der Waals surface area contributed by atoms with Crippen LogP contribution in [0.25, 0.3) is 0 Å². The molecule has 1 saturated heterocycles. The van der Waals surface area contributed by atoms with Gasteiger partial charge in [-0.15, -0.1) is 0 Å². The summed E-state index contributed by atoms with van der Waals surface area (Å²) in [6.07, 6.45) is 1.51. The number of nitrogens with two attached hydrogens (primary N) is 1. The second kappa shape index (κ2) is 4.66. The number of anilines is 1. The summed E-state index contributed by atoms with van der Waals surface area (Å²) in [6, 6.07) is 4.01. The van der Waals surface area contributed by atoms with Crippen LogP contribution in [0.3, 0.4) is 0 Å². The third-order valence-corrected chi connectivity index (χ3v) is 4.38. The van der Waals surface area contributed by atoms with Crippen molar-refractivity contribution in [2.75, 3.05) is 4.90 Å². The number of amides is 2. The Morgan fingerprint density at radius 2 is 1.85 bits per heavy atom. The fraction of sp³-hybridized carbons (Fsp3) is 0.467. The number of carbonyl (C=O) groups excluding carboxylic acids is 2. The first-order valence-corrected chi connectivity index (χ1v) is 6.89. The molecule has 5 heteroatoms. The van der Waals surface area contributed by atoms with Crippen LogP contribution in [0.1, 0.15) is 25.3 Å². The number of hydrogen-bond acceptors (Lipinski definition) is 3. The molecule has 3 rings (SSSR count). The fourth-order valence-electron chi connectivity index (χ4n) is 3.45. The van der Waals surface area contributed by atoms with Crippen LogP contribution >= 0.6 is 0 Å². The highest BCUT2D eigenvalue weighted by Gasteiger charge is 2.52. The van der Waals surface area contributed by atoms with Gasteiger partial charge in [0.1, 0.15) is 5.82 Å². The number of rotatable bonds is 2. The topological polar surface area (TPSA) is 63.4 Å². The Hall–Kier alpha value is -1.75. The maximum atomic E-state index is 13.3. The van der Waals surface area contributed by atoms with Crippen LogP contribution in [0.4, 0.5) is 10.1 Å². The van der Waals surface area contributed by atoms with Gasteiger partial charge in [-0.05, 0) is 42.5 Å². The molecule has 4 nitrogen and oxygen atoms in total. The quantitative estimate of drug-likeness (QED) is 0.838. The van der Waals surface area contributed by atoms with Gasteiger partial charge in [-0.2, -0.15) is 0 Å². The zero-order valence-electron chi connectivity index (χ0n) is 11.3. The molecular formula is C15H17FN2O2. The maximum Gasteiger partial charge on any atom is 0.237 e. The van der Waals surface area contributed by atoms with E-state index in [4.69, 9.17) is 5.73 Å². The predicted octanol–water partition coefficient (Wildman–Crippen LogP) is 1.82. The van der Waals surface area contributed by atoms with Crippen molar-refractivity contribution in [1.29, 1.82) is 0 Å². The average molecular weight is 276 g/mol. The van der Waals surface area contributed by atoms with Crippen molar-refractivity contribution in [1.82, 2.24) is 0 Å². The first-order valence-electron chi connectivity index (χ1n) is 6.89. The van der Waals surface area contributed by atoms with Gasteiger partial charge in [0.25, 0.3) is 0 Å². The van der Waals surface area contributed by atoms with E-state index in [1.54, 1.807) is 0 Å². The molecule has 106 valence electrons. The van der Waals surface area contributed by atoms with E-state index in [9.17, 15) is 14.0 Å². The Labute approximate surface area is 116 Å². The number of imide groups is 1. The van der Waals surface area contributed by atoms with E-state index < -0.39 is 5.82 Å². The standard InChI is InChI=1S/C15H17FN2O2/c1-8-4-11-12(5-8)15(20)18(14(11)19)13-3-2-10(16)6-9(13)7-17/h2-3,6,8,11-12H,4-5,7,17H2,1H3. The molecule has 1 aromatic rings. The Kier molecular flexibility index (Phi) is 3.09. The smallest absolute Gasteiger partial charge is 0.237 e. The molecule has 20 heavy (non-hydrogen) atoms. The normalized spacial score (nSPS) is 29.1. The lowest BCUT2D eigenvalue weighted by Crippen LogP contribution is -2.33. The number of benzene rings is 1. The zero-order valence-corrected chi connectivity index (χ0v) is 11.3. The minimum absolute atomic E-state index is 0.0931. The summed E-state index contributed by atoms with van der Waals surface area (Å²) in [5.41, 5.74) is 6.52. The number of carbonyl (C=O) groups is 2. The monoisotopic (exact) mass is 276 g/mol. The molecule has 1 aliphatic carbocycles. The van der Waals surface area contributed by atoms with Crippen molar-refractivity contribution in [2.24, 2.45) is 23.5 Å². The van der Waals surface area contributed by atoms with Crippen molar-refractivity contribution >= 4 is 17.5 Å². The largest absolute Gasteiger partial charge is 0.326 e. The molecule has 2 fully saturated rings. The van der Waals surface area contributed by atoms with Crippen LogP contribution in [0.5, 0.6) is 0 Å². The molecule has 1 heterocycles. The lowest BCUT2D eigenvalue weighted by Gasteiger charge is -2.19. The lowest BCUT2D eigenvalue weighted by molar-refractivity contribution is -0.123. The molecule has 1 aromatic carbocycles. The van der Waals surface area contributed by atoms with Crippen LogP contribution in [0, 0.1) is 23.6 Å². The number of halogens is 1. The molecule has 2 amide bonds. The van der Waals surface area contributed by atoms with Crippen LogP contribution < -0.4 is 10.6 Å². The summed E-state index contributed by atoms with van der Waals surface area (Å²) in [5, 5.41) is 0. The van der Waals surface area contributed by atoms with E-state index in [-0.39, 0.29) is 30.2 Å². The van der Waals surface area contributed by atoms with Gasteiger partial charge in [-0.1, -0.05) is 6.92 Å². The molecular weight excluding hydrogens is 259 g/mol. The van der Waals surface area contributed by atoms with Crippen LogP contribution in [-0.4, -0.2) is 11.8 Å². The Bertz CT molecular complexity index is 563. The van der Waals surface area contributed by atoms with E-state index >= 15 is 0 Å². The van der Waals surface area contributed by atoms with Gasteiger partial charge >= 0.3 is 0 Å². The average Bonchev–Trinajstić information content (AvgIpc) is 2.90. The third kappa shape index (κ3) is 1.85. The number of hydrogen-bond donors (Lipinski definition) is 1. The van der Waals surface area contributed by atoms with Gasteiger partial charge in [0.15, 0.2) is 0 Å².